The number of carbonyl (C=O) groups excluding carboxylic acids is 1. The second kappa shape index (κ2) is 5.27. The molecule has 4 nitrogen and oxygen atoms in total. The minimum absolute atomic E-state index is 0.110. The number of carbonyl (C=O) groups is 1. The van der Waals surface area contributed by atoms with E-state index in [4.69, 9.17) is 5.11 Å². The molecule has 0 aromatic carbocycles. The molecular formula is C13H18N2O2. The van der Waals surface area contributed by atoms with Crippen LogP contribution in [0.3, 0.4) is 0 Å². The van der Waals surface area contributed by atoms with Crippen molar-refractivity contribution in [1.82, 2.24) is 9.88 Å². The van der Waals surface area contributed by atoms with Crippen LogP contribution in [0.1, 0.15) is 17.7 Å². The monoisotopic (exact) mass is 234 g/mol. The van der Waals surface area contributed by atoms with E-state index in [2.05, 4.69) is 4.98 Å². The van der Waals surface area contributed by atoms with Crippen LogP contribution >= 0.6 is 0 Å². The summed E-state index contributed by atoms with van der Waals surface area (Å²) in [6.45, 7) is 3.61. The summed E-state index contributed by atoms with van der Waals surface area (Å²) >= 11 is 0. The molecule has 1 aliphatic rings. The molecule has 0 aliphatic carbocycles. The Morgan fingerprint density at radius 1 is 1.65 bits per heavy atom. The van der Waals surface area contributed by atoms with Gasteiger partial charge in [0.25, 0.3) is 0 Å². The first-order chi connectivity index (χ1) is 8.19. The van der Waals surface area contributed by atoms with Crippen molar-refractivity contribution in [3.63, 3.8) is 0 Å². The molecule has 1 aliphatic heterocycles. The molecule has 92 valence electrons. The zero-order chi connectivity index (χ0) is 12.3. The number of pyridine rings is 1. The van der Waals surface area contributed by atoms with Gasteiger partial charge in [-0.3, -0.25) is 9.78 Å². The van der Waals surface area contributed by atoms with E-state index in [1.54, 1.807) is 6.20 Å². The number of aromatic nitrogens is 1. The Labute approximate surface area is 101 Å². The predicted octanol–water partition coefficient (Wildman–Crippen LogP) is 0.773. The lowest BCUT2D eigenvalue weighted by molar-refractivity contribution is -0.129. The fourth-order valence-electron chi connectivity index (χ4n) is 2.17. The number of nitrogens with zero attached hydrogens (tertiary/aromatic N) is 2. The minimum Gasteiger partial charge on any atom is -0.396 e. The van der Waals surface area contributed by atoms with Gasteiger partial charge in [0.2, 0.25) is 5.91 Å². The largest absolute Gasteiger partial charge is 0.396 e. The van der Waals surface area contributed by atoms with E-state index in [0.29, 0.717) is 13.0 Å². The molecule has 1 fully saturated rings. The Morgan fingerprint density at radius 2 is 2.47 bits per heavy atom. The Kier molecular flexibility index (Phi) is 3.74. The lowest BCUT2D eigenvalue weighted by atomic mass is 10.1. The van der Waals surface area contributed by atoms with Crippen LogP contribution in [-0.4, -0.2) is 40.6 Å². The summed E-state index contributed by atoms with van der Waals surface area (Å²) in [5.74, 6) is 0.364. The van der Waals surface area contributed by atoms with E-state index >= 15 is 0 Å². The van der Waals surface area contributed by atoms with E-state index in [-0.39, 0.29) is 18.4 Å². The Hall–Kier alpha value is -1.42. The highest BCUT2D eigenvalue weighted by Crippen LogP contribution is 2.16. The molecule has 1 aromatic heterocycles. The van der Waals surface area contributed by atoms with Crippen LogP contribution in [0, 0.1) is 12.8 Å². The fourth-order valence-corrected chi connectivity index (χ4v) is 2.17. The molecule has 1 atom stereocenters. The van der Waals surface area contributed by atoms with Gasteiger partial charge in [-0.15, -0.1) is 0 Å². The summed E-state index contributed by atoms with van der Waals surface area (Å²) < 4.78 is 0. The van der Waals surface area contributed by atoms with E-state index in [1.165, 1.54) is 0 Å². The summed E-state index contributed by atoms with van der Waals surface area (Å²) in [6.07, 6.45) is 3.00. The van der Waals surface area contributed by atoms with Gasteiger partial charge < -0.3 is 10.0 Å². The van der Waals surface area contributed by atoms with Gasteiger partial charge >= 0.3 is 0 Å². The maximum Gasteiger partial charge on any atom is 0.228 e. The normalized spacial score (nSPS) is 19.6. The molecule has 0 radical (unpaired) electrons. The number of hydrogen-bond acceptors (Lipinski definition) is 3. The summed E-state index contributed by atoms with van der Waals surface area (Å²) in [4.78, 5) is 18.0. The van der Waals surface area contributed by atoms with E-state index in [9.17, 15) is 4.79 Å². The number of likely N-dealkylation sites (tertiary alicyclic amines) is 1. The number of amides is 1. The molecule has 1 N–H and O–H groups in total. The molecule has 0 spiro atoms. The van der Waals surface area contributed by atoms with Gasteiger partial charge in [0, 0.05) is 37.5 Å². The van der Waals surface area contributed by atoms with Crippen molar-refractivity contribution in [1.29, 1.82) is 0 Å². The summed E-state index contributed by atoms with van der Waals surface area (Å²) in [5.41, 5.74) is 1.94. The molecular weight excluding hydrogens is 216 g/mol. The van der Waals surface area contributed by atoms with Crippen molar-refractivity contribution in [3.05, 3.63) is 29.6 Å². The minimum atomic E-state index is 0.110. The first-order valence-corrected chi connectivity index (χ1v) is 5.99. The molecule has 4 heteroatoms. The third kappa shape index (κ3) is 3.03. The number of aliphatic hydroxyl groups is 1. The number of aryl methyl sites for hydroxylation is 1. The molecule has 17 heavy (non-hydrogen) atoms. The number of aliphatic hydroxyl groups excluding tert-OH is 1. The van der Waals surface area contributed by atoms with Crippen LogP contribution < -0.4 is 0 Å². The summed E-state index contributed by atoms with van der Waals surface area (Å²) in [5, 5.41) is 9.04. The van der Waals surface area contributed by atoms with Crippen molar-refractivity contribution >= 4 is 5.91 Å². The lowest BCUT2D eigenvalue weighted by Gasteiger charge is -2.15. The zero-order valence-corrected chi connectivity index (χ0v) is 10.1. The highest BCUT2D eigenvalue weighted by molar-refractivity contribution is 5.78. The van der Waals surface area contributed by atoms with E-state index < -0.39 is 0 Å². The van der Waals surface area contributed by atoms with Gasteiger partial charge in [0.15, 0.2) is 0 Å². The van der Waals surface area contributed by atoms with Crippen molar-refractivity contribution in [2.24, 2.45) is 5.92 Å². The quantitative estimate of drug-likeness (QED) is 0.840. The topological polar surface area (TPSA) is 53.4 Å². The molecule has 1 aromatic rings. The molecule has 1 amide bonds. The van der Waals surface area contributed by atoms with Gasteiger partial charge in [-0.1, -0.05) is 0 Å². The maximum absolute atomic E-state index is 12.0. The average molecular weight is 234 g/mol. The molecule has 0 saturated carbocycles. The van der Waals surface area contributed by atoms with Gasteiger partial charge in [-0.2, -0.15) is 0 Å². The van der Waals surface area contributed by atoms with Crippen LogP contribution in [0.5, 0.6) is 0 Å². The number of rotatable bonds is 3. The SMILES string of the molecule is Cc1ccnc(CC(=O)N2CCC(CO)C2)c1. The first-order valence-electron chi connectivity index (χ1n) is 5.99. The van der Waals surface area contributed by atoms with Crippen molar-refractivity contribution in [2.45, 2.75) is 19.8 Å². The van der Waals surface area contributed by atoms with Crippen LogP contribution in [0.25, 0.3) is 0 Å². The molecule has 1 unspecified atom stereocenters. The van der Waals surface area contributed by atoms with E-state index in [1.807, 2.05) is 24.0 Å². The van der Waals surface area contributed by atoms with Crippen LogP contribution in [0.15, 0.2) is 18.3 Å². The van der Waals surface area contributed by atoms with Crippen molar-refractivity contribution in [3.8, 4) is 0 Å². The van der Waals surface area contributed by atoms with Crippen molar-refractivity contribution in [2.75, 3.05) is 19.7 Å². The number of hydrogen-bond donors (Lipinski definition) is 1. The van der Waals surface area contributed by atoms with Crippen LogP contribution in [0.2, 0.25) is 0 Å². The standard InChI is InChI=1S/C13H18N2O2/c1-10-2-4-14-12(6-10)7-13(17)15-5-3-11(8-15)9-16/h2,4,6,11,16H,3,5,7-9H2,1H3. The Bertz CT molecular complexity index is 406. The van der Waals surface area contributed by atoms with Crippen LogP contribution in [0.4, 0.5) is 0 Å². The third-order valence-electron chi connectivity index (χ3n) is 3.20. The summed E-state index contributed by atoms with van der Waals surface area (Å²) in [7, 11) is 0. The van der Waals surface area contributed by atoms with Gasteiger partial charge in [0.1, 0.15) is 0 Å². The summed E-state index contributed by atoms with van der Waals surface area (Å²) in [6, 6.07) is 3.86. The molecule has 2 rings (SSSR count). The van der Waals surface area contributed by atoms with Gasteiger partial charge in [-0.25, -0.2) is 0 Å². The second-order valence-electron chi connectivity index (χ2n) is 4.68. The van der Waals surface area contributed by atoms with E-state index in [0.717, 1.165) is 24.2 Å². The van der Waals surface area contributed by atoms with Crippen molar-refractivity contribution < 1.29 is 9.90 Å². The molecule has 0 bridgehead atoms. The fraction of sp³-hybridized carbons (Fsp3) is 0.538. The van der Waals surface area contributed by atoms with Gasteiger partial charge in [0.05, 0.1) is 6.42 Å². The second-order valence-corrected chi connectivity index (χ2v) is 4.68. The first kappa shape index (κ1) is 12.0. The Balaban J connectivity index is 1.93. The van der Waals surface area contributed by atoms with Crippen LogP contribution in [-0.2, 0) is 11.2 Å². The smallest absolute Gasteiger partial charge is 0.228 e. The highest BCUT2D eigenvalue weighted by atomic mass is 16.3. The van der Waals surface area contributed by atoms with Gasteiger partial charge in [-0.05, 0) is 31.0 Å². The predicted molar refractivity (Wildman–Crippen MR) is 64.5 cm³/mol. The highest BCUT2D eigenvalue weighted by Gasteiger charge is 2.25. The third-order valence-corrected chi connectivity index (χ3v) is 3.20. The molecule has 2 heterocycles. The lowest BCUT2D eigenvalue weighted by Crippen LogP contribution is -2.30. The zero-order valence-electron chi connectivity index (χ0n) is 10.1. The maximum atomic E-state index is 12.0. The Morgan fingerprint density at radius 3 is 3.12 bits per heavy atom. The average Bonchev–Trinajstić information content (AvgIpc) is 2.77. The molecule has 1 saturated heterocycles.